The van der Waals surface area contributed by atoms with E-state index >= 15 is 0 Å². The van der Waals surface area contributed by atoms with Crippen molar-refractivity contribution in [3.8, 4) is 0 Å². The van der Waals surface area contributed by atoms with Crippen molar-refractivity contribution in [3.63, 3.8) is 0 Å². The van der Waals surface area contributed by atoms with Gasteiger partial charge in [-0.3, -0.25) is 0 Å². The number of nitrogens with one attached hydrogen (secondary N) is 6. The zero-order valence-electron chi connectivity index (χ0n) is 56.0. The van der Waals surface area contributed by atoms with E-state index in [0.717, 1.165) is 108 Å². The first-order valence-corrected chi connectivity index (χ1v) is 40.4. The van der Waals surface area contributed by atoms with Crippen LogP contribution in [0.2, 0.25) is 0 Å². The molecule has 4 aromatic heterocycles. The number of imidazole rings is 2. The Kier molecular flexibility index (Phi) is 26.0. The van der Waals surface area contributed by atoms with Gasteiger partial charge in [0.2, 0.25) is 31.9 Å². The quantitative estimate of drug-likeness (QED) is 0.0306. The Labute approximate surface area is 605 Å². The minimum Gasteiger partial charge on any atom is -0.377 e. The smallest absolute Gasteiger partial charge is 0.261 e. The standard InChI is InChI=1S/C33H39BrN8O2S.C22H30BrN7O2S.C12H12ClNO2S.CH2Cl2/c1-21(2)42-20-36-30-31(35-19-22-11-13-23(34)14-12-22)38-33(39-32(30)42)37-24-15-17-25(18-16-24)40-45(43,44)29-10-6-7-26-27(29)8-5-9-28(26)41(3)4;1-14(2)30-13-25-19-20(24-12-15-4-6-16(23)7-5-15)27-22(28-21(19)30)26-17-8-10-18(11-9-17)29-33(3,31)32;1-14(2)11-7-3-6-10-9(11)5-4-8-12(10)17(13,15)16;2-1-3/h5-14,20-21,24-25,40H,15-19H2,1-4H3,(H2,35,37,38,39);4-7,13-14,17-18,29H,8-12H2,1-3H3,(H2,24,26,27,28);3-8H,1-2H3;1H2. The van der Waals surface area contributed by atoms with Crippen molar-refractivity contribution in [1.29, 1.82) is 0 Å². The zero-order valence-corrected chi connectivity index (χ0v) is 63.9. The Hall–Kier alpha value is -6.66. The fourth-order valence-corrected chi connectivity index (χ4v) is 15.9. The van der Waals surface area contributed by atoms with Crippen LogP contribution in [-0.2, 0) is 42.2 Å². The van der Waals surface area contributed by atoms with Gasteiger partial charge in [-0.25, -0.2) is 44.7 Å². The number of hydrogen-bond donors (Lipinski definition) is 6. The Morgan fingerprint density at radius 1 is 0.500 bits per heavy atom. The molecule has 12 rings (SSSR count). The minimum absolute atomic E-state index is 0.00745. The van der Waals surface area contributed by atoms with Crippen LogP contribution in [0.1, 0.15) is 102 Å². The molecule has 0 radical (unpaired) electrons. The van der Waals surface area contributed by atoms with Gasteiger partial charge in [0.25, 0.3) is 9.05 Å². The first-order chi connectivity index (χ1) is 46.6. The van der Waals surface area contributed by atoms with Crippen LogP contribution in [-0.4, -0.2) is 128 Å². The van der Waals surface area contributed by atoms with E-state index in [9.17, 15) is 25.3 Å². The normalized spacial score (nSPS) is 16.6. The number of anilines is 6. The molecule has 0 amide bonds. The molecule has 0 aliphatic heterocycles. The summed E-state index contributed by atoms with van der Waals surface area (Å²) in [6.45, 7) is 9.63. The minimum atomic E-state index is -3.72. The van der Waals surface area contributed by atoms with E-state index in [4.69, 9.17) is 53.8 Å². The first kappa shape index (κ1) is 75.5. The maximum absolute atomic E-state index is 13.6. The second-order valence-electron chi connectivity index (χ2n) is 25.1. The van der Waals surface area contributed by atoms with Gasteiger partial charge in [-0.2, -0.15) is 19.9 Å². The molecule has 0 unspecified atom stereocenters. The number of nitrogens with zero attached hydrogens (tertiary/aromatic N) is 10. The molecule has 6 aromatic carbocycles. The highest BCUT2D eigenvalue weighted by atomic mass is 79.9. The maximum Gasteiger partial charge on any atom is 0.261 e. The highest BCUT2D eigenvalue weighted by Crippen LogP contribution is 2.35. The molecule has 0 saturated heterocycles. The summed E-state index contributed by atoms with van der Waals surface area (Å²) >= 11 is 16.5. The molecule has 10 aromatic rings. The first-order valence-electron chi connectivity index (χ1n) is 32.0. The van der Waals surface area contributed by atoms with E-state index < -0.39 is 29.1 Å². The van der Waals surface area contributed by atoms with E-state index in [1.54, 1.807) is 24.5 Å². The van der Waals surface area contributed by atoms with Crippen molar-refractivity contribution >= 4 is 174 Å². The van der Waals surface area contributed by atoms with Crippen molar-refractivity contribution in [2.24, 2.45) is 0 Å². The van der Waals surface area contributed by atoms with Gasteiger partial charge in [0.1, 0.15) is 0 Å². The van der Waals surface area contributed by atoms with Crippen molar-refractivity contribution in [3.05, 3.63) is 154 Å². The number of alkyl halides is 2. The molecule has 4 heterocycles. The number of aromatic nitrogens is 8. The summed E-state index contributed by atoms with van der Waals surface area (Å²) < 4.78 is 85.1. The molecule has 30 heteroatoms. The second-order valence-corrected chi connectivity index (χ2v) is 33.7. The van der Waals surface area contributed by atoms with E-state index in [-0.39, 0.29) is 46.5 Å². The van der Waals surface area contributed by atoms with Crippen LogP contribution in [0, 0.1) is 0 Å². The largest absolute Gasteiger partial charge is 0.377 e. The molecule has 0 spiro atoms. The Bertz CT molecular complexity index is 4710. The van der Waals surface area contributed by atoms with Crippen LogP contribution >= 0.6 is 65.7 Å². The molecular formula is C68H83Br2Cl3N16O6S3. The lowest BCUT2D eigenvalue weighted by molar-refractivity contribution is 0.386. The molecule has 22 nitrogen and oxygen atoms in total. The van der Waals surface area contributed by atoms with Crippen LogP contribution in [0.3, 0.4) is 0 Å². The van der Waals surface area contributed by atoms with Crippen molar-refractivity contribution < 1.29 is 25.3 Å². The summed E-state index contributed by atoms with van der Waals surface area (Å²) in [6, 6.07) is 38.8. The Morgan fingerprint density at radius 3 is 1.23 bits per heavy atom. The highest BCUT2D eigenvalue weighted by molar-refractivity contribution is 9.10. The summed E-state index contributed by atoms with van der Waals surface area (Å²) in [5.41, 5.74) is 7.25. The SMILES string of the molecule is CC(C)n1cnc2c(NCc3ccc(Br)cc3)nc(NC3CCC(NS(=O)(=O)c4cccc5c(N(C)C)cccc45)CC3)nc21.CC(C)n1cnc2c(NCc3ccc(Br)cc3)nc(NC3CCC(NS(C)(=O)=O)CC3)nc21.CN(C)c1cccc2c(S(=O)(=O)Cl)cccc12.ClCCl. The van der Waals surface area contributed by atoms with Gasteiger partial charge in [0, 0.05) is 130 Å². The molecule has 0 atom stereocenters. The fourth-order valence-electron chi connectivity index (χ4n) is 12.0. The topological polar surface area (TPSA) is 268 Å². The van der Waals surface area contributed by atoms with Crippen molar-refractivity contribution in [1.82, 2.24) is 48.5 Å². The van der Waals surface area contributed by atoms with E-state index in [1.165, 1.54) is 12.3 Å². The third kappa shape index (κ3) is 19.9. The van der Waals surface area contributed by atoms with Crippen LogP contribution in [0.5, 0.6) is 0 Å². The number of hydrogen-bond acceptors (Lipinski definition) is 18. The molecule has 524 valence electrons. The average molecular weight is 1580 g/mol. The maximum atomic E-state index is 13.6. The summed E-state index contributed by atoms with van der Waals surface area (Å²) in [6.07, 6.45) is 11.1. The molecule has 98 heavy (non-hydrogen) atoms. The van der Waals surface area contributed by atoms with E-state index in [1.807, 2.05) is 126 Å². The van der Waals surface area contributed by atoms with Gasteiger partial charge in [-0.1, -0.05) is 105 Å². The molecule has 2 aliphatic carbocycles. The van der Waals surface area contributed by atoms with Crippen LogP contribution in [0.4, 0.5) is 34.9 Å². The predicted octanol–water partition coefficient (Wildman–Crippen LogP) is 15.0. The predicted molar refractivity (Wildman–Crippen MR) is 408 cm³/mol. The number of sulfonamides is 2. The van der Waals surface area contributed by atoms with Gasteiger partial charge in [0.15, 0.2) is 34.0 Å². The van der Waals surface area contributed by atoms with E-state index in [2.05, 4.69) is 124 Å². The Morgan fingerprint density at radius 2 is 0.857 bits per heavy atom. The lowest BCUT2D eigenvalue weighted by Gasteiger charge is -2.29. The highest BCUT2D eigenvalue weighted by Gasteiger charge is 2.29. The molecule has 2 fully saturated rings. The zero-order chi connectivity index (χ0) is 70.6. The fraction of sp³-hybridized carbons (Fsp3) is 0.382. The summed E-state index contributed by atoms with van der Waals surface area (Å²) in [5, 5.41) is 17.3. The second kappa shape index (κ2) is 33.7. The van der Waals surface area contributed by atoms with Crippen LogP contribution < -0.4 is 40.5 Å². The molecule has 0 bridgehead atoms. The lowest BCUT2D eigenvalue weighted by atomic mass is 9.92. The number of rotatable bonds is 20. The van der Waals surface area contributed by atoms with Crippen molar-refractivity contribution in [2.45, 2.75) is 138 Å². The molecule has 2 saturated carbocycles. The summed E-state index contributed by atoms with van der Waals surface area (Å²) in [4.78, 5) is 32.8. The van der Waals surface area contributed by atoms with E-state index in [0.29, 0.717) is 59.7 Å². The van der Waals surface area contributed by atoms with Gasteiger partial charge < -0.3 is 40.2 Å². The number of benzene rings is 6. The number of fused-ring (bicyclic) bond motifs is 4. The third-order valence-corrected chi connectivity index (χ3v) is 21.5. The lowest BCUT2D eigenvalue weighted by Crippen LogP contribution is -2.40. The van der Waals surface area contributed by atoms with Gasteiger partial charge in [-0.05, 0) is 139 Å². The van der Waals surface area contributed by atoms with Crippen molar-refractivity contribution in [2.75, 3.05) is 70.9 Å². The monoisotopic (exact) mass is 1580 g/mol. The summed E-state index contributed by atoms with van der Waals surface area (Å²) in [7, 11) is 2.57. The average Bonchev–Trinajstić information content (AvgIpc) is 1.02. The third-order valence-electron chi connectivity index (χ3n) is 16.8. The molecule has 6 N–H and O–H groups in total. The Balaban J connectivity index is 0.000000184. The van der Waals surface area contributed by atoms with Gasteiger partial charge >= 0.3 is 0 Å². The van der Waals surface area contributed by atoms with Gasteiger partial charge in [-0.15, -0.1) is 23.2 Å². The molecule has 2 aliphatic rings. The van der Waals surface area contributed by atoms with Crippen LogP contribution in [0.15, 0.2) is 153 Å². The number of halogens is 5. The summed E-state index contributed by atoms with van der Waals surface area (Å²) in [5.74, 6) is 2.47. The van der Waals surface area contributed by atoms with Crippen LogP contribution in [0.25, 0.3) is 43.9 Å². The molecular weight excluding hydrogens is 1500 g/mol. The van der Waals surface area contributed by atoms with Gasteiger partial charge in [0.05, 0.1) is 34.0 Å².